The number of aliphatic imine (C=N–C) groups is 2. The van der Waals surface area contributed by atoms with Crippen LogP contribution < -0.4 is 10.2 Å². The van der Waals surface area contributed by atoms with Crippen LogP contribution in [-0.2, 0) is 27.2 Å². The number of aliphatic hydroxyl groups is 1. The molecule has 4 aromatic carbocycles. The molecule has 0 spiro atoms. The summed E-state index contributed by atoms with van der Waals surface area (Å²) in [5.74, 6) is -0.0512. The molecule has 1 radical (unpaired) electrons. The van der Waals surface area contributed by atoms with E-state index in [1.54, 1.807) is 62.9 Å². The first-order valence-electron chi connectivity index (χ1n) is 14.8. The molecule has 1 N–H and O–H groups in total. The molecule has 2 aromatic heterocycles. The number of rotatable bonds is 4. The predicted molar refractivity (Wildman–Crippen MR) is 208 cm³/mol. The van der Waals surface area contributed by atoms with Crippen LogP contribution in [0.5, 0.6) is 11.5 Å². The zero-order valence-corrected chi connectivity index (χ0v) is 33.8. The van der Waals surface area contributed by atoms with E-state index in [-0.39, 0.29) is 34.7 Å². The van der Waals surface area contributed by atoms with Gasteiger partial charge in [0, 0.05) is 48.8 Å². The van der Waals surface area contributed by atoms with Crippen LogP contribution in [0.2, 0.25) is 0 Å². The molecular weight excluding hydrogens is 983 g/mol. The Labute approximate surface area is 341 Å². The van der Waals surface area contributed by atoms with Gasteiger partial charge < -0.3 is 19.9 Å². The fourth-order valence-corrected chi connectivity index (χ4v) is 4.93. The Morgan fingerprint density at radius 2 is 1.06 bits per heavy atom. The smallest absolute Gasteiger partial charge is 0.872 e. The van der Waals surface area contributed by atoms with Gasteiger partial charge in [0.1, 0.15) is 0 Å². The minimum absolute atomic E-state index is 0. The van der Waals surface area contributed by atoms with Gasteiger partial charge in [0.2, 0.25) is 0 Å². The third kappa shape index (κ3) is 14.9. The van der Waals surface area contributed by atoms with Gasteiger partial charge in [0.05, 0.1) is 22.4 Å². The molecular formula is C36H28F3FeI2N4O6S. The third-order valence-corrected chi connectivity index (χ3v) is 8.04. The summed E-state index contributed by atoms with van der Waals surface area (Å²) in [7, 11) is -6.09. The number of benzene rings is 4. The molecule has 0 bridgehead atoms. The summed E-state index contributed by atoms with van der Waals surface area (Å²) >= 11 is 4.36. The normalized spacial score (nSPS) is 11.3. The van der Waals surface area contributed by atoms with E-state index in [9.17, 15) is 23.4 Å². The molecule has 0 aliphatic heterocycles. The standard InChI is InChI=1S/2C16H11IN2O.C3H8O.CHF3O3S.Fe/c2*17-13-6-7-15(20)12(9-13)10-19-14-5-1-3-11-4-2-8-18-16(11)14;1-3(2)4;2-1(3,4)8(5,6)7;/h2*1-10,20H;3-4H,1-2H3;(H,5,6,7);/q;;;;+3/p-3. The summed E-state index contributed by atoms with van der Waals surface area (Å²) in [4.78, 5) is 17.5. The molecule has 6 aromatic rings. The molecule has 0 amide bonds. The summed E-state index contributed by atoms with van der Waals surface area (Å²) in [6.07, 6.45) is 6.53. The van der Waals surface area contributed by atoms with Gasteiger partial charge in [-0.05, 0) is 119 Å². The summed E-state index contributed by atoms with van der Waals surface area (Å²) < 4.78 is 60.9. The zero-order valence-electron chi connectivity index (χ0n) is 27.6. The minimum Gasteiger partial charge on any atom is -0.872 e. The van der Waals surface area contributed by atoms with E-state index >= 15 is 0 Å². The van der Waals surface area contributed by atoms with Crippen molar-refractivity contribution in [3.05, 3.63) is 128 Å². The number of alkyl halides is 3. The predicted octanol–water partition coefficient (Wildman–Crippen LogP) is 7.76. The summed E-state index contributed by atoms with van der Waals surface area (Å²) in [6.45, 7) is 3.44. The molecule has 53 heavy (non-hydrogen) atoms. The zero-order chi connectivity index (χ0) is 38.5. The maximum atomic E-state index is 11.7. The first-order chi connectivity index (χ1) is 24.5. The van der Waals surface area contributed by atoms with Crippen LogP contribution in [0, 0.1) is 7.14 Å². The Balaban J connectivity index is 0.000000279. The molecule has 0 unspecified atom stereocenters. The van der Waals surface area contributed by atoms with Gasteiger partial charge in [-0.3, -0.25) is 20.0 Å². The number of fused-ring (bicyclic) bond motifs is 2. The number of halogens is 5. The van der Waals surface area contributed by atoms with Crippen molar-refractivity contribution in [2.45, 2.75) is 25.5 Å². The molecule has 6 rings (SSSR count). The van der Waals surface area contributed by atoms with Crippen molar-refractivity contribution >= 4 is 101 Å². The van der Waals surface area contributed by atoms with Gasteiger partial charge in [0.25, 0.3) is 0 Å². The topological polar surface area (TPSA) is 174 Å². The number of para-hydroxylation sites is 2. The molecule has 277 valence electrons. The Kier molecular flexibility index (Phi) is 18.2. The van der Waals surface area contributed by atoms with Crippen LogP contribution in [-0.4, -0.2) is 52.1 Å². The second kappa shape index (κ2) is 21.2. The second-order valence-electron chi connectivity index (χ2n) is 10.6. The quantitative estimate of drug-likeness (QED) is 0.0613. The van der Waals surface area contributed by atoms with Crippen LogP contribution in [0.4, 0.5) is 24.5 Å². The molecule has 0 saturated heterocycles. The SMILES string of the molecule is CC(C)O.O=S(=O)([O-])C(F)(F)F.[Fe+3].[O-]c1ccc(I)cc1C=Nc1cccc2cccnc12.[O-]c1ccc(I)cc1C=Nc1cccc2cccnc12. The van der Waals surface area contributed by atoms with Crippen LogP contribution in [0.3, 0.4) is 0 Å². The van der Waals surface area contributed by atoms with Crippen molar-refractivity contribution in [1.82, 2.24) is 9.97 Å². The van der Waals surface area contributed by atoms with Gasteiger partial charge >= 0.3 is 22.6 Å². The first-order valence-corrected chi connectivity index (χ1v) is 18.4. The Morgan fingerprint density at radius 1 is 0.717 bits per heavy atom. The Bertz CT molecular complexity index is 2150. The van der Waals surface area contributed by atoms with E-state index in [1.165, 1.54) is 0 Å². The summed E-state index contributed by atoms with van der Waals surface area (Å²) in [5.41, 5.74) is -1.27. The maximum Gasteiger partial charge on any atom is 3.00 e. The van der Waals surface area contributed by atoms with Crippen LogP contribution in [0.25, 0.3) is 21.8 Å². The average molecular weight is 1010 g/mol. The van der Waals surface area contributed by atoms with Gasteiger partial charge in [-0.2, -0.15) is 13.2 Å². The Morgan fingerprint density at radius 3 is 1.40 bits per heavy atom. The van der Waals surface area contributed by atoms with E-state index < -0.39 is 15.6 Å². The minimum atomic E-state index is -6.09. The average Bonchev–Trinajstić information content (AvgIpc) is 3.08. The number of nitrogens with zero attached hydrogens (tertiary/aromatic N) is 4. The van der Waals surface area contributed by atoms with Crippen molar-refractivity contribution < 1.29 is 58.5 Å². The van der Waals surface area contributed by atoms with E-state index in [1.807, 2.05) is 72.8 Å². The second-order valence-corrected chi connectivity index (χ2v) is 14.4. The van der Waals surface area contributed by atoms with E-state index in [2.05, 4.69) is 65.1 Å². The molecule has 0 aliphatic rings. The monoisotopic (exact) mass is 1010 g/mol. The Hall–Kier alpha value is -3.72. The van der Waals surface area contributed by atoms with Gasteiger partial charge in [0.15, 0.2) is 10.1 Å². The van der Waals surface area contributed by atoms with E-state index in [0.29, 0.717) is 11.1 Å². The fourth-order valence-electron chi connectivity index (χ4n) is 3.90. The van der Waals surface area contributed by atoms with Crippen LogP contribution >= 0.6 is 45.2 Å². The van der Waals surface area contributed by atoms with Crippen molar-refractivity contribution in [3.63, 3.8) is 0 Å². The molecule has 0 fully saturated rings. The number of hydrogen-bond donors (Lipinski definition) is 1. The van der Waals surface area contributed by atoms with Gasteiger partial charge in [-0.1, -0.05) is 60.0 Å². The molecule has 0 aliphatic carbocycles. The molecule has 0 atom stereocenters. The molecule has 2 heterocycles. The largest absolute Gasteiger partial charge is 3.00 e. The number of pyridine rings is 2. The summed E-state index contributed by atoms with van der Waals surface area (Å²) in [5, 5.41) is 33.6. The number of aliphatic hydroxyl groups excluding tert-OH is 1. The molecule has 0 saturated carbocycles. The van der Waals surface area contributed by atoms with E-state index in [4.69, 9.17) is 18.1 Å². The van der Waals surface area contributed by atoms with Crippen molar-refractivity contribution in [3.8, 4) is 11.5 Å². The van der Waals surface area contributed by atoms with Gasteiger partial charge in [-0.25, -0.2) is 8.42 Å². The molecule has 10 nitrogen and oxygen atoms in total. The number of aromatic nitrogens is 2. The van der Waals surface area contributed by atoms with Crippen molar-refractivity contribution in [2.75, 3.05) is 0 Å². The van der Waals surface area contributed by atoms with E-state index in [0.717, 1.165) is 40.3 Å². The summed E-state index contributed by atoms with van der Waals surface area (Å²) in [6, 6.07) is 29.8. The third-order valence-electron chi connectivity index (χ3n) is 6.14. The van der Waals surface area contributed by atoms with Crippen molar-refractivity contribution in [1.29, 1.82) is 0 Å². The first kappa shape index (κ1) is 45.4. The fraction of sp³-hybridized carbons (Fsp3) is 0.111. The van der Waals surface area contributed by atoms with Gasteiger partial charge in [-0.15, -0.1) is 0 Å². The maximum absolute atomic E-state index is 11.7. The number of hydrogen-bond acceptors (Lipinski definition) is 10. The van der Waals surface area contributed by atoms with Crippen molar-refractivity contribution in [2.24, 2.45) is 9.98 Å². The molecule has 17 heteroatoms. The van der Waals surface area contributed by atoms with Crippen LogP contribution in [0.15, 0.2) is 119 Å². The van der Waals surface area contributed by atoms with Crippen LogP contribution in [0.1, 0.15) is 25.0 Å².